The fourth-order valence-corrected chi connectivity index (χ4v) is 1.32. The van der Waals surface area contributed by atoms with Crippen molar-refractivity contribution in [3.05, 3.63) is 30.7 Å². The zero-order chi connectivity index (χ0) is 13.0. The van der Waals surface area contributed by atoms with E-state index in [9.17, 15) is 0 Å². The molecule has 0 unspecified atom stereocenters. The number of aliphatic imine (C=N–C) groups is 2. The summed E-state index contributed by atoms with van der Waals surface area (Å²) in [5, 5.41) is 7.41. The number of guanidine groups is 2. The summed E-state index contributed by atoms with van der Waals surface area (Å²) in [6, 6.07) is 7.11. The number of hydrogen-bond acceptors (Lipinski definition) is 4. The van der Waals surface area contributed by atoms with Gasteiger partial charge in [0, 0.05) is 0 Å². The molecule has 8 nitrogen and oxygen atoms in total. The van der Waals surface area contributed by atoms with E-state index in [1.165, 1.54) is 6.39 Å². The lowest BCUT2D eigenvalue weighted by Gasteiger charge is -2.01. The number of benzene rings is 1. The molecule has 0 saturated heterocycles. The van der Waals surface area contributed by atoms with E-state index in [0.29, 0.717) is 17.1 Å². The topological polar surface area (TPSA) is 142 Å². The molecule has 0 aliphatic heterocycles. The van der Waals surface area contributed by atoms with Crippen LogP contribution in [0.5, 0.6) is 0 Å². The van der Waals surface area contributed by atoms with Crippen LogP contribution in [0, 0.1) is 0 Å². The van der Waals surface area contributed by atoms with Crippen molar-refractivity contribution in [3.63, 3.8) is 0 Å². The lowest BCUT2D eigenvalue weighted by Crippen LogP contribution is -2.26. The minimum absolute atomic E-state index is 0.0537. The van der Waals surface area contributed by atoms with Crippen LogP contribution in [0.3, 0.4) is 0 Å². The van der Waals surface area contributed by atoms with Crippen molar-refractivity contribution in [3.8, 4) is 11.5 Å². The Hall–Kier alpha value is -2.90. The molecule has 92 valence electrons. The molecule has 0 aliphatic rings. The Morgan fingerprint density at radius 1 is 1.17 bits per heavy atom. The van der Waals surface area contributed by atoms with Gasteiger partial charge < -0.3 is 21.6 Å². The maximum absolute atomic E-state index is 5.56. The zero-order valence-corrected chi connectivity index (χ0v) is 9.32. The van der Waals surface area contributed by atoms with Crippen molar-refractivity contribution in [2.75, 3.05) is 0 Å². The smallest absolute Gasteiger partial charge is 0.249 e. The highest BCUT2D eigenvalue weighted by molar-refractivity contribution is 5.94. The molecular formula is C10H11N7O. The lowest BCUT2D eigenvalue weighted by molar-refractivity contribution is 0.569. The van der Waals surface area contributed by atoms with Crippen LogP contribution in [0.2, 0.25) is 0 Å². The van der Waals surface area contributed by atoms with Gasteiger partial charge in [0.2, 0.25) is 18.2 Å². The fourth-order valence-electron chi connectivity index (χ4n) is 1.32. The van der Waals surface area contributed by atoms with E-state index in [-0.39, 0.29) is 11.9 Å². The van der Waals surface area contributed by atoms with Gasteiger partial charge in [0.05, 0.1) is 11.3 Å². The first-order chi connectivity index (χ1) is 8.66. The summed E-state index contributed by atoms with van der Waals surface area (Å²) in [5.74, 6) is 0.125. The summed E-state index contributed by atoms with van der Waals surface area (Å²) in [5.41, 5.74) is 17.2. The largest absolute Gasteiger partial charge is 0.423 e. The average Bonchev–Trinajstić information content (AvgIpc) is 2.81. The van der Waals surface area contributed by atoms with Gasteiger partial charge in [-0.2, -0.15) is 4.99 Å². The van der Waals surface area contributed by atoms with Gasteiger partial charge in [-0.15, -0.1) is 10.2 Å². The monoisotopic (exact) mass is 245 g/mol. The first kappa shape index (κ1) is 11.6. The molecule has 0 amide bonds. The third kappa shape index (κ3) is 2.61. The Morgan fingerprint density at radius 3 is 2.61 bits per heavy atom. The second-order valence-electron chi connectivity index (χ2n) is 3.27. The standard InChI is InChI=1S/C10H11N7O/c11-9(12)16-10(13)15-7-4-2-1-3-6(7)8-17-14-5-18-8/h1-5H,(H6,11,12,13,15,16). The van der Waals surface area contributed by atoms with E-state index < -0.39 is 0 Å². The Bertz CT molecular complexity index is 584. The summed E-state index contributed by atoms with van der Waals surface area (Å²) in [4.78, 5) is 7.70. The van der Waals surface area contributed by atoms with Crippen molar-refractivity contribution >= 4 is 17.6 Å². The third-order valence-corrected chi connectivity index (χ3v) is 1.97. The van der Waals surface area contributed by atoms with Crippen LogP contribution < -0.4 is 17.2 Å². The molecule has 2 rings (SSSR count). The van der Waals surface area contributed by atoms with Crippen LogP contribution in [0.4, 0.5) is 5.69 Å². The normalized spacial score (nSPS) is 11.2. The van der Waals surface area contributed by atoms with Crippen LogP contribution in [-0.4, -0.2) is 22.1 Å². The maximum Gasteiger partial charge on any atom is 0.249 e. The highest BCUT2D eigenvalue weighted by atomic mass is 16.4. The van der Waals surface area contributed by atoms with Gasteiger partial charge in [-0.05, 0) is 12.1 Å². The third-order valence-electron chi connectivity index (χ3n) is 1.97. The molecule has 0 fully saturated rings. The van der Waals surface area contributed by atoms with Crippen LogP contribution in [0.25, 0.3) is 11.5 Å². The van der Waals surface area contributed by atoms with Crippen molar-refractivity contribution in [2.45, 2.75) is 0 Å². The first-order valence-corrected chi connectivity index (χ1v) is 4.96. The van der Waals surface area contributed by atoms with Crippen molar-refractivity contribution in [1.82, 2.24) is 10.2 Å². The molecule has 0 aliphatic carbocycles. The summed E-state index contributed by atoms with van der Waals surface area (Å²) in [6.07, 6.45) is 1.23. The van der Waals surface area contributed by atoms with E-state index in [2.05, 4.69) is 20.2 Å². The molecule has 6 N–H and O–H groups in total. The molecule has 0 saturated carbocycles. The maximum atomic E-state index is 5.56. The van der Waals surface area contributed by atoms with Crippen LogP contribution in [-0.2, 0) is 0 Å². The minimum Gasteiger partial charge on any atom is -0.423 e. The lowest BCUT2D eigenvalue weighted by atomic mass is 10.2. The van der Waals surface area contributed by atoms with E-state index in [1.807, 2.05) is 6.07 Å². The van der Waals surface area contributed by atoms with E-state index in [4.69, 9.17) is 21.6 Å². The molecular weight excluding hydrogens is 234 g/mol. The molecule has 0 atom stereocenters. The van der Waals surface area contributed by atoms with E-state index in [0.717, 1.165) is 0 Å². The molecule has 8 heteroatoms. The molecule has 1 aromatic carbocycles. The minimum atomic E-state index is -0.161. The van der Waals surface area contributed by atoms with Crippen molar-refractivity contribution in [2.24, 2.45) is 27.2 Å². The number of nitrogens with two attached hydrogens (primary N) is 3. The van der Waals surface area contributed by atoms with Crippen LogP contribution in [0.1, 0.15) is 0 Å². The van der Waals surface area contributed by atoms with Gasteiger partial charge in [-0.3, -0.25) is 0 Å². The second kappa shape index (κ2) is 4.95. The van der Waals surface area contributed by atoms with Crippen LogP contribution in [0.15, 0.2) is 45.1 Å². The Balaban J connectivity index is 2.43. The quantitative estimate of drug-likeness (QED) is 0.500. The van der Waals surface area contributed by atoms with Crippen LogP contribution >= 0.6 is 0 Å². The number of aromatic nitrogens is 2. The zero-order valence-electron chi connectivity index (χ0n) is 9.32. The molecule has 0 radical (unpaired) electrons. The van der Waals surface area contributed by atoms with Gasteiger partial charge in [0.1, 0.15) is 0 Å². The SMILES string of the molecule is NC(N)=NC(N)=Nc1ccccc1-c1nnco1. The van der Waals surface area contributed by atoms with Gasteiger partial charge in [0.25, 0.3) is 0 Å². The van der Waals surface area contributed by atoms with Crippen molar-refractivity contribution in [1.29, 1.82) is 0 Å². The van der Waals surface area contributed by atoms with Gasteiger partial charge in [0.15, 0.2) is 5.96 Å². The van der Waals surface area contributed by atoms with Gasteiger partial charge in [-0.1, -0.05) is 12.1 Å². The fraction of sp³-hybridized carbons (Fsp3) is 0. The second-order valence-corrected chi connectivity index (χ2v) is 3.27. The Kier molecular flexibility index (Phi) is 3.19. The summed E-state index contributed by atoms with van der Waals surface area (Å²) in [6.45, 7) is 0. The molecule has 0 bridgehead atoms. The molecule has 2 aromatic rings. The highest BCUT2D eigenvalue weighted by Gasteiger charge is 2.08. The Labute approximate surface area is 102 Å². The molecule has 18 heavy (non-hydrogen) atoms. The van der Waals surface area contributed by atoms with Crippen molar-refractivity contribution < 1.29 is 4.42 Å². The summed E-state index contributed by atoms with van der Waals surface area (Å²) < 4.78 is 5.11. The summed E-state index contributed by atoms with van der Waals surface area (Å²) >= 11 is 0. The molecule has 1 heterocycles. The number of hydrogen-bond donors (Lipinski definition) is 3. The van der Waals surface area contributed by atoms with Gasteiger partial charge in [-0.25, -0.2) is 4.99 Å². The number of rotatable bonds is 2. The number of nitrogens with zero attached hydrogens (tertiary/aromatic N) is 4. The average molecular weight is 245 g/mol. The first-order valence-electron chi connectivity index (χ1n) is 4.96. The van der Waals surface area contributed by atoms with Gasteiger partial charge >= 0.3 is 0 Å². The Morgan fingerprint density at radius 2 is 1.94 bits per heavy atom. The molecule has 1 aromatic heterocycles. The predicted octanol–water partition coefficient (Wildman–Crippen LogP) is -0.0438. The highest BCUT2D eigenvalue weighted by Crippen LogP contribution is 2.28. The van der Waals surface area contributed by atoms with E-state index in [1.54, 1.807) is 18.2 Å². The summed E-state index contributed by atoms with van der Waals surface area (Å²) in [7, 11) is 0. The molecule has 0 spiro atoms. The predicted molar refractivity (Wildman–Crippen MR) is 66.8 cm³/mol. The van der Waals surface area contributed by atoms with E-state index >= 15 is 0 Å². The number of para-hydroxylation sites is 1.